The lowest BCUT2D eigenvalue weighted by molar-refractivity contribution is -0.143. The minimum atomic E-state index is -4.25. The third-order valence-electron chi connectivity index (χ3n) is 3.03. The largest absolute Gasteiger partial charge is 0.408 e. The second kappa shape index (κ2) is 7.64. The van der Waals surface area contributed by atoms with Gasteiger partial charge in [-0.1, -0.05) is 13.8 Å². The van der Waals surface area contributed by atoms with E-state index >= 15 is 0 Å². The molecule has 0 saturated heterocycles. The number of methoxy groups -OCH3 is 1. The van der Waals surface area contributed by atoms with Gasteiger partial charge in [0.25, 0.3) is 0 Å². The van der Waals surface area contributed by atoms with Crippen molar-refractivity contribution in [2.45, 2.75) is 46.0 Å². The number of ether oxygens (including phenoxy) is 1. The van der Waals surface area contributed by atoms with E-state index < -0.39 is 12.7 Å². The molecule has 116 valence electrons. The normalized spacial score (nSPS) is 12.1. The smallest absolute Gasteiger partial charge is 0.383 e. The molecule has 1 rings (SSSR count). The van der Waals surface area contributed by atoms with E-state index in [0.29, 0.717) is 38.2 Å². The van der Waals surface area contributed by atoms with E-state index in [-0.39, 0.29) is 0 Å². The summed E-state index contributed by atoms with van der Waals surface area (Å²) in [6.45, 7) is 4.47. The lowest BCUT2D eigenvalue weighted by Crippen LogP contribution is -2.22. The van der Waals surface area contributed by atoms with Gasteiger partial charge in [-0.15, -0.1) is 0 Å². The first-order chi connectivity index (χ1) is 9.42. The van der Waals surface area contributed by atoms with Crippen LogP contribution in [0.1, 0.15) is 30.8 Å². The summed E-state index contributed by atoms with van der Waals surface area (Å²) in [6.07, 6.45) is -3.09. The predicted molar refractivity (Wildman–Crippen MR) is 70.6 cm³/mol. The molecule has 0 aliphatic rings. The Bertz CT molecular complexity index is 416. The predicted octanol–water partition coefficient (Wildman–Crippen LogP) is 2.31. The van der Waals surface area contributed by atoms with Crippen LogP contribution in [-0.4, -0.2) is 36.2 Å². The molecule has 0 aliphatic heterocycles. The number of aromatic nitrogens is 2. The first kappa shape index (κ1) is 17.0. The topological polar surface area (TPSA) is 39.1 Å². The minimum Gasteiger partial charge on any atom is -0.383 e. The van der Waals surface area contributed by atoms with Gasteiger partial charge in [-0.2, -0.15) is 18.3 Å². The Labute approximate surface area is 117 Å². The highest BCUT2D eigenvalue weighted by Crippen LogP contribution is 2.22. The molecule has 1 aromatic rings. The van der Waals surface area contributed by atoms with Crippen LogP contribution >= 0.6 is 0 Å². The van der Waals surface area contributed by atoms with Gasteiger partial charge in [0.2, 0.25) is 0 Å². The van der Waals surface area contributed by atoms with Crippen molar-refractivity contribution in [3.63, 3.8) is 0 Å². The number of rotatable bonds is 8. The van der Waals surface area contributed by atoms with Gasteiger partial charge in [-0.3, -0.25) is 4.68 Å². The number of alkyl halides is 3. The number of aryl methyl sites for hydroxylation is 1. The number of nitrogens with one attached hydrogen (secondary N) is 1. The van der Waals surface area contributed by atoms with Crippen LogP contribution in [0.15, 0.2) is 0 Å². The van der Waals surface area contributed by atoms with Crippen LogP contribution in [0.5, 0.6) is 0 Å². The lowest BCUT2D eigenvalue weighted by atomic mass is 10.1. The summed E-state index contributed by atoms with van der Waals surface area (Å²) in [5.41, 5.74) is 2.27. The van der Waals surface area contributed by atoms with Gasteiger partial charge >= 0.3 is 6.18 Å². The Morgan fingerprint density at radius 2 is 1.95 bits per heavy atom. The van der Waals surface area contributed by atoms with Crippen LogP contribution in [0.4, 0.5) is 13.2 Å². The molecule has 1 heterocycles. The molecule has 7 heteroatoms. The van der Waals surface area contributed by atoms with Gasteiger partial charge in [-0.05, 0) is 12.8 Å². The lowest BCUT2D eigenvalue weighted by Gasteiger charge is -2.11. The molecule has 0 radical (unpaired) electrons. The fourth-order valence-electron chi connectivity index (χ4n) is 2.16. The van der Waals surface area contributed by atoms with Crippen LogP contribution in [0.2, 0.25) is 0 Å². The minimum absolute atomic E-state index is 0.521. The van der Waals surface area contributed by atoms with Crippen molar-refractivity contribution in [3.8, 4) is 0 Å². The van der Waals surface area contributed by atoms with Gasteiger partial charge in [0.1, 0.15) is 6.54 Å². The molecule has 0 bridgehead atoms. The summed E-state index contributed by atoms with van der Waals surface area (Å²) in [7, 11) is 1.61. The molecule has 0 unspecified atom stereocenters. The zero-order valence-corrected chi connectivity index (χ0v) is 12.2. The monoisotopic (exact) mass is 293 g/mol. The molecular formula is C13H22F3N3O. The van der Waals surface area contributed by atoms with Crippen LogP contribution in [-0.2, 0) is 30.7 Å². The van der Waals surface area contributed by atoms with Gasteiger partial charge in [0.05, 0.1) is 12.3 Å². The molecule has 1 N–H and O–H groups in total. The molecule has 0 amide bonds. The first-order valence-electron chi connectivity index (χ1n) is 6.76. The van der Waals surface area contributed by atoms with Gasteiger partial charge in [0, 0.05) is 31.5 Å². The van der Waals surface area contributed by atoms with Crippen molar-refractivity contribution in [1.29, 1.82) is 0 Å². The van der Waals surface area contributed by atoms with Crippen molar-refractivity contribution >= 4 is 0 Å². The maximum atomic E-state index is 12.6. The quantitative estimate of drug-likeness (QED) is 0.748. The van der Waals surface area contributed by atoms with Crippen molar-refractivity contribution < 1.29 is 17.9 Å². The molecule has 20 heavy (non-hydrogen) atoms. The Morgan fingerprint density at radius 3 is 2.45 bits per heavy atom. The van der Waals surface area contributed by atoms with E-state index in [4.69, 9.17) is 4.74 Å². The van der Waals surface area contributed by atoms with Crippen molar-refractivity contribution in [2.24, 2.45) is 0 Å². The van der Waals surface area contributed by atoms with Crippen LogP contribution < -0.4 is 5.32 Å². The molecule has 1 aromatic heterocycles. The molecule has 0 aliphatic carbocycles. The summed E-state index contributed by atoms with van der Waals surface area (Å²) in [5, 5.41) is 7.28. The zero-order valence-electron chi connectivity index (χ0n) is 12.2. The van der Waals surface area contributed by atoms with E-state index in [9.17, 15) is 13.2 Å². The molecule has 0 fully saturated rings. The standard InChI is InChI=1S/C13H22F3N3O/c1-4-11-10(8-17-6-7-20-3)12(5-2)19(18-11)9-13(14,15)16/h17H,4-9H2,1-3H3. The number of halogens is 3. The highest BCUT2D eigenvalue weighted by molar-refractivity contribution is 5.27. The highest BCUT2D eigenvalue weighted by atomic mass is 19.4. The Hall–Kier alpha value is -1.08. The van der Waals surface area contributed by atoms with Gasteiger partial charge < -0.3 is 10.1 Å². The first-order valence-corrected chi connectivity index (χ1v) is 6.76. The zero-order chi connectivity index (χ0) is 15.2. The van der Waals surface area contributed by atoms with Crippen LogP contribution in [0, 0.1) is 0 Å². The number of nitrogens with zero attached hydrogens (tertiary/aromatic N) is 2. The van der Waals surface area contributed by atoms with E-state index in [2.05, 4.69) is 10.4 Å². The number of hydrogen-bond acceptors (Lipinski definition) is 3. The van der Waals surface area contributed by atoms with Crippen molar-refractivity contribution in [2.75, 3.05) is 20.3 Å². The van der Waals surface area contributed by atoms with Crippen LogP contribution in [0.3, 0.4) is 0 Å². The van der Waals surface area contributed by atoms with Gasteiger partial charge in [-0.25, -0.2) is 0 Å². The molecule has 0 saturated carbocycles. The Kier molecular flexibility index (Phi) is 6.48. The molecular weight excluding hydrogens is 271 g/mol. The van der Waals surface area contributed by atoms with Crippen molar-refractivity contribution in [1.82, 2.24) is 15.1 Å². The maximum absolute atomic E-state index is 12.6. The van der Waals surface area contributed by atoms with Gasteiger partial charge in [0.15, 0.2) is 0 Å². The summed E-state index contributed by atoms with van der Waals surface area (Å²) in [5.74, 6) is 0. The molecule has 0 aromatic carbocycles. The third kappa shape index (κ3) is 4.79. The van der Waals surface area contributed by atoms with E-state index in [0.717, 1.165) is 15.9 Å². The second-order valence-corrected chi connectivity index (χ2v) is 4.52. The molecule has 4 nitrogen and oxygen atoms in total. The molecule has 0 spiro atoms. The van der Waals surface area contributed by atoms with Crippen LogP contribution in [0.25, 0.3) is 0 Å². The summed E-state index contributed by atoms with van der Waals surface area (Å²) in [6, 6.07) is 0. The summed E-state index contributed by atoms with van der Waals surface area (Å²) < 4.78 is 43.7. The highest BCUT2D eigenvalue weighted by Gasteiger charge is 2.30. The second-order valence-electron chi connectivity index (χ2n) is 4.52. The fraction of sp³-hybridized carbons (Fsp3) is 0.769. The summed E-state index contributed by atoms with van der Waals surface area (Å²) >= 11 is 0. The Morgan fingerprint density at radius 1 is 1.25 bits per heavy atom. The van der Waals surface area contributed by atoms with E-state index in [1.165, 1.54) is 0 Å². The summed E-state index contributed by atoms with van der Waals surface area (Å²) in [4.78, 5) is 0. The fourth-order valence-corrected chi connectivity index (χ4v) is 2.16. The average Bonchev–Trinajstić information content (AvgIpc) is 2.69. The van der Waals surface area contributed by atoms with E-state index in [1.54, 1.807) is 7.11 Å². The maximum Gasteiger partial charge on any atom is 0.408 e. The van der Waals surface area contributed by atoms with Crippen molar-refractivity contribution in [3.05, 3.63) is 17.0 Å². The Balaban J connectivity index is 2.90. The third-order valence-corrected chi connectivity index (χ3v) is 3.03. The average molecular weight is 293 g/mol. The van der Waals surface area contributed by atoms with E-state index in [1.807, 2.05) is 13.8 Å². The molecule has 0 atom stereocenters. The SMILES string of the molecule is CCc1nn(CC(F)(F)F)c(CC)c1CNCCOC. The number of hydrogen-bond donors (Lipinski definition) is 1.